The Morgan fingerprint density at radius 1 is 1.17 bits per heavy atom. The first-order valence-corrected chi connectivity index (χ1v) is 10.2. The lowest BCUT2D eigenvalue weighted by atomic mass is 9.90. The van der Waals surface area contributed by atoms with Crippen LogP contribution in [0, 0.1) is 12.8 Å². The van der Waals surface area contributed by atoms with Gasteiger partial charge in [-0.25, -0.2) is 9.78 Å². The lowest BCUT2D eigenvalue weighted by molar-refractivity contribution is 0.102. The second-order valence-corrected chi connectivity index (χ2v) is 7.63. The molecule has 3 aromatic rings. The van der Waals surface area contributed by atoms with Gasteiger partial charge in [-0.3, -0.25) is 9.59 Å². The van der Waals surface area contributed by atoms with Gasteiger partial charge in [-0.05, 0) is 56.0 Å². The maximum atomic E-state index is 12.7. The molecular weight excluding hydrogens is 382 g/mol. The van der Waals surface area contributed by atoms with E-state index in [0.717, 1.165) is 12.4 Å². The van der Waals surface area contributed by atoms with Crippen LogP contribution in [-0.4, -0.2) is 32.5 Å². The summed E-state index contributed by atoms with van der Waals surface area (Å²) in [6.07, 6.45) is 7.91. The molecule has 0 atom stereocenters. The number of amides is 1. The molecule has 2 aromatic heterocycles. The number of aromatic amines is 1. The van der Waals surface area contributed by atoms with E-state index in [4.69, 9.17) is 4.74 Å². The molecule has 2 N–H and O–H groups in total. The van der Waals surface area contributed by atoms with Crippen LogP contribution in [0.2, 0.25) is 0 Å². The molecule has 0 bridgehead atoms. The van der Waals surface area contributed by atoms with Crippen molar-refractivity contribution in [1.82, 2.24) is 20.0 Å². The van der Waals surface area contributed by atoms with Crippen molar-refractivity contribution in [3.05, 3.63) is 64.2 Å². The molecule has 1 aliphatic carbocycles. The predicted octanol–water partition coefficient (Wildman–Crippen LogP) is 3.48. The number of anilines is 1. The second-order valence-electron chi connectivity index (χ2n) is 7.63. The molecule has 1 fully saturated rings. The predicted molar refractivity (Wildman–Crippen MR) is 113 cm³/mol. The number of benzene rings is 1. The Balaban J connectivity index is 1.38. The van der Waals surface area contributed by atoms with Gasteiger partial charge < -0.3 is 10.1 Å². The zero-order valence-electron chi connectivity index (χ0n) is 16.9. The summed E-state index contributed by atoms with van der Waals surface area (Å²) in [4.78, 5) is 23.9. The summed E-state index contributed by atoms with van der Waals surface area (Å²) in [5.74, 6) is 1.63. The van der Waals surface area contributed by atoms with Gasteiger partial charge in [0.15, 0.2) is 5.82 Å². The lowest BCUT2D eigenvalue weighted by Gasteiger charge is -2.21. The number of nitrogens with one attached hydrogen (secondary N) is 2. The van der Waals surface area contributed by atoms with Crippen LogP contribution in [0.3, 0.4) is 0 Å². The van der Waals surface area contributed by atoms with E-state index >= 15 is 0 Å². The summed E-state index contributed by atoms with van der Waals surface area (Å²) in [6, 6.07) is 10.3. The van der Waals surface area contributed by atoms with Crippen molar-refractivity contribution in [3.8, 4) is 11.6 Å². The number of rotatable bonds is 6. The SMILES string of the molecule is Cc1c(C(=O)Nc2ccc(OCC3CCCCC3)cc2)cnn1-c1ccc(=O)[nH]n1. The van der Waals surface area contributed by atoms with Crippen molar-refractivity contribution >= 4 is 11.6 Å². The van der Waals surface area contributed by atoms with Crippen LogP contribution in [0.1, 0.15) is 48.2 Å². The molecule has 1 aromatic carbocycles. The van der Waals surface area contributed by atoms with E-state index in [1.807, 2.05) is 24.3 Å². The average Bonchev–Trinajstić information content (AvgIpc) is 3.16. The van der Waals surface area contributed by atoms with E-state index in [1.165, 1.54) is 49.0 Å². The maximum absolute atomic E-state index is 12.7. The second kappa shape index (κ2) is 8.94. The first-order valence-electron chi connectivity index (χ1n) is 10.2. The first-order chi connectivity index (χ1) is 14.6. The molecule has 156 valence electrons. The fourth-order valence-electron chi connectivity index (χ4n) is 3.72. The summed E-state index contributed by atoms with van der Waals surface area (Å²) in [7, 11) is 0. The van der Waals surface area contributed by atoms with Crippen LogP contribution in [0.25, 0.3) is 5.82 Å². The van der Waals surface area contributed by atoms with Gasteiger partial charge in [0.25, 0.3) is 11.5 Å². The fraction of sp³-hybridized carbons (Fsp3) is 0.364. The number of H-pyrrole nitrogens is 1. The molecular formula is C22H25N5O3. The minimum atomic E-state index is -0.298. The van der Waals surface area contributed by atoms with Gasteiger partial charge in [-0.15, -0.1) is 0 Å². The molecule has 2 heterocycles. The molecule has 8 nitrogen and oxygen atoms in total. The summed E-state index contributed by atoms with van der Waals surface area (Å²) in [6.45, 7) is 2.53. The Hall–Kier alpha value is -3.42. The monoisotopic (exact) mass is 407 g/mol. The highest BCUT2D eigenvalue weighted by molar-refractivity contribution is 6.05. The van der Waals surface area contributed by atoms with Crippen LogP contribution in [-0.2, 0) is 0 Å². The smallest absolute Gasteiger partial charge is 0.264 e. The first kappa shape index (κ1) is 19.9. The highest BCUT2D eigenvalue weighted by Crippen LogP contribution is 2.25. The highest BCUT2D eigenvalue weighted by atomic mass is 16.5. The molecule has 0 radical (unpaired) electrons. The third-order valence-corrected chi connectivity index (χ3v) is 5.46. The zero-order valence-corrected chi connectivity index (χ0v) is 16.9. The Morgan fingerprint density at radius 3 is 2.63 bits per heavy atom. The van der Waals surface area contributed by atoms with Gasteiger partial charge in [-0.1, -0.05) is 19.3 Å². The van der Waals surface area contributed by atoms with Crippen molar-refractivity contribution in [2.24, 2.45) is 5.92 Å². The third kappa shape index (κ3) is 4.59. The molecule has 1 aliphatic rings. The Bertz CT molecular complexity index is 1040. The molecule has 1 saturated carbocycles. The summed E-state index contributed by atoms with van der Waals surface area (Å²) >= 11 is 0. The molecule has 8 heteroatoms. The minimum Gasteiger partial charge on any atom is -0.493 e. The quantitative estimate of drug-likeness (QED) is 0.651. The van der Waals surface area contributed by atoms with Gasteiger partial charge in [-0.2, -0.15) is 10.2 Å². The van der Waals surface area contributed by atoms with E-state index < -0.39 is 0 Å². The van der Waals surface area contributed by atoms with E-state index in [9.17, 15) is 9.59 Å². The normalized spacial score (nSPS) is 14.4. The fourth-order valence-corrected chi connectivity index (χ4v) is 3.72. The van der Waals surface area contributed by atoms with Gasteiger partial charge in [0.1, 0.15) is 5.75 Å². The molecule has 30 heavy (non-hydrogen) atoms. The van der Waals surface area contributed by atoms with Crippen LogP contribution >= 0.6 is 0 Å². The number of nitrogens with zero attached hydrogens (tertiary/aromatic N) is 3. The zero-order chi connectivity index (χ0) is 20.9. The number of ether oxygens (including phenoxy) is 1. The molecule has 0 aliphatic heterocycles. The van der Waals surface area contributed by atoms with Crippen molar-refractivity contribution in [3.63, 3.8) is 0 Å². The minimum absolute atomic E-state index is 0.265. The molecule has 1 amide bonds. The summed E-state index contributed by atoms with van der Waals surface area (Å²) < 4.78 is 7.42. The Kier molecular flexibility index (Phi) is 5.92. The van der Waals surface area contributed by atoms with Crippen LogP contribution < -0.4 is 15.6 Å². The van der Waals surface area contributed by atoms with E-state index in [1.54, 1.807) is 13.0 Å². The van der Waals surface area contributed by atoms with E-state index in [2.05, 4.69) is 20.6 Å². The number of carbonyl (C=O) groups excluding carboxylic acids is 1. The average molecular weight is 407 g/mol. The van der Waals surface area contributed by atoms with Gasteiger partial charge in [0.2, 0.25) is 0 Å². The van der Waals surface area contributed by atoms with E-state index in [0.29, 0.717) is 28.7 Å². The summed E-state index contributed by atoms with van der Waals surface area (Å²) in [5, 5.41) is 13.4. The maximum Gasteiger partial charge on any atom is 0.264 e. The number of aromatic nitrogens is 4. The molecule has 0 spiro atoms. The number of carbonyl (C=O) groups is 1. The van der Waals surface area contributed by atoms with Crippen LogP contribution in [0.4, 0.5) is 5.69 Å². The highest BCUT2D eigenvalue weighted by Gasteiger charge is 2.17. The van der Waals surface area contributed by atoms with Crippen molar-refractivity contribution in [2.45, 2.75) is 39.0 Å². The standard InChI is InChI=1S/C22H25N5O3/c1-15-19(13-23-27(15)20-11-12-21(28)26-25-20)22(29)24-17-7-9-18(10-8-17)30-14-16-5-3-2-4-6-16/h7-13,16H,2-6,14H2,1H3,(H,24,29)(H,26,28). The van der Waals surface area contributed by atoms with E-state index in [-0.39, 0.29) is 11.5 Å². The largest absolute Gasteiger partial charge is 0.493 e. The topological polar surface area (TPSA) is 102 Å². The Morgan fingerprint density at radius 2 is 1.93 bits per heavy atom. The van der Waals surface area contributed by atoms with Crippen LogP contribution in [0.5, 0.6) is 5.75 Å². The Labute approximate surface area is 174 Å². The summed E-state index contributed by atoms with van der Waals surface area (Å²) in [5.41, 5.74) is 1.44. The number of hydrogen-bond donors (Lipinski definition) is 2. The molecule has 0 saturated heterocycles. The lowest BCUT2D eigenvalue weighted by Crippen LogP contribution is -2.15. The molecule has 4 rings (SSSR count). The van der Waals surface area contributed by atoms with Crippen LogP contribution in [0.15, 0.2) is 47.4 Å². The van der Waals surface area contributed by atoms with Gasteiger partial charge >= 0.3 is 0 Å². The van der Waals surface area contributed by atoms with Gasteiger partial charge in [0, 0.05) is 11.8 Å². The van der Waals surface area contributed by atoms with Crippen molar-refractivity contribution in [2.75, 3.05) is 11.9 Å². The molecule has 0 unspecified atom stereocenters. The van der Waals surface area contributed by atoms with Crippen molar-refractivity contribution < 1.29 is 9.53 Å². The van der Waals surface area contributed by atoms with Crippen molar-refractivity contribution in [1.29, 1.82) is 0 Å². The van der Waals surface area contributed by atoms with Gasteiger partial charge in [0.05, 0.1) is 24.1 Å². The number of hydrogen-bond acceptors (Lipinski definition) is 5. The third-order valence-electron chi connectivity index (χ3n) is 5.46.